The molecular formula is C25H27N3O3. The van der Waals surface area contributed by atoms with Crippen molar-refractivity contribution < 1.29 is 14.3 Å². The molecule has 0 saturated carbocycles. The maximum atomic E-state index is 13.1. The van der Waals surface area contributed by atoms with Crippen molar-refractivity contribution >= 4 is 34.2 Å². The largest absolute Gasteiger partial charge is 0.462 e. The van der Waals surface area contributed by atoms with E-state index in [1.165, 1.54) is 0 Å². The summed E-state index contributed by atoms with van der Waals surface area (Å²) in [6.07, 6.45) is 4.11. The van der Waals surface area contributed by atoms with Crippen LogP contribution >= 0.6 is 0 Å². The summed E-state index contributed by atoms with van der Waals surface area (Å²) in [4.78, 5) is 30.9. The average Bonchev–Trinajstić information content (AvgIpc) is 3.02. The fourth-order valence-electron chi connectivity index (χ4n) is 4.05. The van der Waals surface area contributed by atoms with Crippen molar-refractivity contribution in [1.82, 2.24) is 9.88 Å². The summed E-state index contributed by atoms with van der Waals surface area (Å²) in [5.41, 5.74) is 4.97. The number of H-pyrrole nitrogens is 1. The van der Waals surface area contributed by atoms with Crippen LogP contribution in [0.3, 0.4) is 0 Å². The van der Waals surface area contributed by atoms with Crippen molar-refractivity contribution in [1.29, 1.82) is 0 Å². The number of aromatic nitrogens is 1. The maximum absolute atomic E-state index is 13.1. The van der Waals surface area contributed by atoms with Crippen LogP contribution in [-0.2, 0) is 22.4 Å². The van der Waals surface area contributed by atoms with Crippen molar-refractivity contribution in [2.75, 3.05) is 18.5 Å². The summed E-state index contributed by atoms with van der Waals surface area (Å²) in [6, 6.07) is 15.5. The van der Waals surface area contributed by atoms with E-state index in [1.807, 2.05) is 48.5 Å². The molecule has 0 atom stereocenters. The number of esters is 1. The molecule has 0 radical (unpaired) electrons. The Morgan fingerprint density at radius 1 is 1.10 bits per heavy atom. The highest BCUT2D eigenvalue weighted by atomic mass is 16.5. The van der Waals surface area contributed by atoms with Gasteiger partial charge in [-0.15, -0.1) is 0 Å². The van der Waals surface area contributed by atoms with Crippen molar-refractivity contribution in [3.63, 3.8) is 0 Å². The molecule has 4 rings (SSSR count). The Bertz CT molecular complexity index is 1150. The topological polar surface area (TPSA) is 74.4 Å². The van der Waals surface area contributed by atoms with Gasteiger partial charge in [0, 0.05) is 29.3 Å². The second-order valence-electron chi connectivity index (χ2n) is 7.57. The van der Waals surface area contributed by atoms with Crippen LogP contribution in [0, 0.1) is 0 Å². The molecule has 3 aromatic rings. The molecule has 2 N–H and O–H groups in total. The molecule has 1 aromatic heterocycles. The zero-order chi connectivity index (χ0) is 21.8. The van der Waals surface area contributed by atoms with Gasteiger partial charge in [0.2, 0.25) is 0 Å². The highest BCUT2D eigenvalue weighted by molar-refractivity contribution is 6.18. The van der Waals surface area contributed by atoms with Crippen LogP contribution in [0.1, 0.15) is 37.1 Å². The number of urea groups is 1. The minimum atomic E-state index is -0.443. The Hall–Kier alpha value is -3.54. The molecule has 0 fully saturated rings. The minimum absolute atomic E-state index is 0.264. The van der Waals surface area contributed by atoms with E-state index in [4.69, 9.17) is 4.74 Å². The number of nitrogens with zero attached hydrogens (tertiary/aromatic N) is 1. The fourth-order valence-corrected chi connectivity index (χ4v) is 4.05. The van der Waals surface area contributed by atoms with Crippen LogP contribution in [0.15, 0.2) is 54.7 Å². The third-order valence-corrected chi connectivity index (χ3v) is 5.51. The van der Waals surface area contributed by atoms with Gasteiger partial charge in [0.1, 0.15) is 0 Å². The second kappa shape index (κ2) is 9.08. The number of para-hydroxylation sites is 2. The molecule has 6 heteroatoms. The number of carbonyl (C=O) groups is 2. The first-order chi connectivity index (χ1) is 15.1. The van der Waals surface area contributed by atoms with Crippen LogP contribution < -0.4 is 5.32 Å². The lowest BCUT2D eigenvalue weighted by Gasteiger charge is -2.20. The van der Waals surface area contributed by atoms with Gasteiger partial charge in [-0.2, -0.15) is 0 Å². The molecule has 0 saturated heterocycles. The second-order valence-corrected chi connectivity index (χ2v) is 7.57. The van der Waals surface area contributed by atoms with E-state index in [2.05, 4.69) is 17.2 Å². The molecular weight excluding hydrogens is 390 g/mol. The van der Waals surface area contributed by atoms with Crippen LogP contribution in [-0.4, -0.2) is 35.0 Å². The van der Waals surface area contributed by atoms with Gasteiger partial charge in [-0.1, -0.05) is 49.7 Å². The van der Waals surface area contributed by atoms with Crippen LogP contribution in [0.25, 0.3) is 16.5 Å². The third-order valence-electron chi connectivity index (χ3n) is 5.51. The fraction of sp³-hybridized carbons (Fsp3) is 0.280. The first-order valence-corrected chi connectivity index (χ1v) is 10.8. The SMILES string of the molecule is CCCc1ccccc1NC(=O)N1C=C(C(=O)OCC)c2[nH]c3ccccc3c2CC1. The number of anilines is 1. The minimum Gasteiger partial charge on any atom is -0.462 e. The normalized spacial score (nSPS) is 13.4. The number of nitrogens with one attached hydrogen (secondary N) is 2. The molecule has 31 heavy (non-hydrogen) atoms. The first-order valence-electron chi connectivity index (χ1n) is 10.8. The van der Waals surface area contributed by atoms with Gasteiger partial charge in [0.05, 0.1) is 17.9 Å². The van der Waals surface area contributed by atoms with E-state index in [0.717, 1.165) is 46.3 Å². The Kier molecular flexibility index (Phi) is 6.07. The third kappa shape index (κ3) is 4.19. The van der Waals surface area contributed by atoms with Crippen molar-refractivity contribution in [3.8, 4) is 0 Å². The number of hydrogen-bond acceptors (Lipinski definition) is 3. The molecule has 1 aliphatic rings. The van der Waals surface area contributed by atoms with Gasteiger partial charge >= 0.3 is 12.0 Å². The number of amides is 2. The molecule has 2 aromatic carbocycles. The van der Waals surface area contributed by atoms with Gasteiger partial charge in [-0.05, 0) is 43.0 Å². The molecule has 2 amide bonds. The number of carbonyl (C=O) groups excluding carboxylic acids is 2. The molecule has 0 spiro atoms. The Labute approximate surface area is 181 Å². The van der Waals surface area contributed by atoms with Gasteiger partial charge in [0.15, 0.2) is 0 Å². The van der Waals surface area contributed by atoms with E-state index < -0.39 is 5.97 Å². The zero-order valence-corrected chi connectivity index (χ0v) is 17.9. The average molecular weight is 418 g/mol. The molecule has 1 aliphatic heterocycles. The highest BCUT2D eigenvalue weighted by Crippen LogP contribution is 2.31. The molecule has 2 heterocycles. The number of rotatable bonds is 5. The maximum Gasteiger partial charge on any atom is 0.341 e. The van der Waals surface area contributed by atoms with Crippen LogP contribution in [0.4, 0.5) is 10.5 Å². The quantitative estimate of drug-likeness (QED) is 0.566. The van der Waals surface area contributed by atoms with Gasteiger partial charge in [0.25, 0.3) is 0 Å². The number of benzene rings is 2. The van der Waals surface area contributed by atoms with Crippen LogP contribution in [0.2, 0.25) is 0 Å². The predicted octanol–water partition coefficient (Wildman–Crippen LogP) is 5.11. The Morgan fingerprint density at radius 2 is 1.87 bits per heavy atom. The molecule has 160 valence electrons. The van der Waals surface area contributed by atoms with Gasteiger partial charge < -0.3 is 15.0 Å². The Balaban J connectivity index is 1.68. The van der Waals surface area contributed by atoms with E-state index in [9.17, 15) is 9.59 Å². The summed E-state index contributed by atoms with van der Waals surface area (Å²) < 4.78 is 5.30. The van der Waals surface area contributed by atoms with Crippen molar-refractivity contribution in [2.24, 2.45) is 0 Å². The summed E-state index contributed by atoms with van der Waals surface area (Å²) in [7, 11) is 0. The van der Waals surface area contributed by atoms with Crippen molar-refractivity contribution in [3.05, 3.63) is 71.6 Å². The number of aromatic amines is 1. The number of hydrogen-bond donors (Lipinski definition) is 2. The molecule has 0 aliphatic carbocycles. The standard InChI is InChI=1S/C25H27N3O3/c1-3-9-17-10-5-7-12-21(17)27-25(30)28-15-14-19-18-11-6-8-13-22(18)26-23(19)20(16-28)24(29)31-4-2/h5-8,10-13,16,26H,3-4,9,14-15H2,1-2H3,(H,27,30). The smallest absolute Gasteiger partial charge is 0.341 e. The lowest BCUT2D eigenvalue weighted by atomic mass is 10.0. The molecule has 0 bridgehead atoms. The lowest BCUT2D eigenvalue weighted by molar-refractivity contribution is -0.136. The summed E-state index contributed by atoms with van der Waals surface area (Å²) in [5, 5.41) is 4.08. The zero-order valence-electron chi connectivity index (χ0n) is 17.9. The summed E-state index contributed by atoms with van der Waals surface area (Å²) in [5.74, 6) is -0.443. The number of fused-ring (bicyclic) bond motifs is 3. The predicted molar refractivity (Wildman–Crippen MR) is 123 cm³/mol. The van der Waals surface area contributed by atoms with E-state index in [1.54, 1.807) is 18.0 Å². The van der Waals surface area contributed by atoms with Crippen molar-refractivity contribution in [2.45, 2.75) is 33.1 Å². The monoisotopic (exact) mass is 417 g/mol. The molecule has 6 nitrogen and oxygen atoms in total. The highest BCUT2D eigenvalue weighted by Gasteiger charge is 2.27. The van der Waals surface area contributed by atoms with Gasteiger partial charge in [-0.3, -0.25) is 4.90 Å². The first kappa shape index (κ1) is 20.7. The van der Waals surface area contributed by atoms with E-state index in [0.29, 0.717) is 18.5 Å². The summed E-state index contributed by atoms with van der Waals surface area (Å²) >= 11 is 0. The van der Waals surface area contributed by atoms with E-state index in [-0.39, 0.29) is 12.6 Å². The number of aryl methyl sites for hydroxylation is 1. The lowest BCUT2D eigenvalue weighted by Crippen LogP contribution is -2.32. The van der Waals surface area contributed by atoms with E-state index >= 15 is 0 Å². The molecule has 0 unspecified atom stereocenters. The summed E-state index contributed by atoms with van der Waals surface area (Å²) in [6.45, 7) is 4.61. The number of ether oxygens (including phenoxy) is 1. The van der Waals surface area contributed by atoms with Crippen LogP contribution in [0.5, 0.6) is 0 Å². The van der Waals surface area contributed by atoms with Gasteiger partial charge in [-0.25, -0.2) is 9.59 Å². The Morgan fingerprint density at radius 3 is 2.68 bits per heavy atom.